The maximum Gasteiger partial charge on any atom is 0.181 e. The summed E-state index contributed by atoms with van der Waals surface area (Å²) in [6.45, 7) is 4.40. The van der Waals surface area contributed by atoms with E-state index < -0.39 is 0 Å². The van der Waals surface area contributed by atoms with Crippen molar-refractivity contribution in [2.75, 3.05) is 37.6 Å². The van der Waals surface area contributed by atoms with Crippen LogP contribution >= 0.6 is 0 Å². The first-order chi connectivity index (χ1) is 14.7. The lowest BCUT2D eigenvalue weighted by atomic mass is 10.1. The van der Waals surface area contributed by atoms with Gasteiger partial charge in [0.15, 0.2) is 17.4 Å². The molecule has 4 rings (SSSR count). The minimum Gasteiger partial charge on any atom is -0.351 e. The Hall–Kier alpha value is -3.19. The van der Waals surface area contributed by atoms with Crippen LogP contribution in [0.3, 0.4) is 0 Å². The third-order valence-corrected chi connectivity index (χ3v) is 5.32. The summed E-state index contributed by atoms with van der Waals surface area (Å²) < 4.78 is 13.0. The molecule has 0 unspecified atom stereocenters. The molecule has 30 heavy (non-hydrogen) atoms. The van der Waals surface area contributed by atoms with Crippen molar-refractivity contribution in [2.24, 2.45) is 0 Å². The third-order valence-electron chi connectivity index (χ3n) is 5.32. The van der Waals surface area contributed by atoms with E-state index in [-0.39, 0.29) is 11.6 Å². The van der Waals surface area contributed by atoms with Crippen molar-refractivity contribution >= 4 is 11.6 Å². The Labute approximate surface area is 175 Å². The first-order valence-corrected chi connectivity index (χ1v) is 10.2. The van der Waals surface area contributed by atoms with Gasteiger partial charge in [-0.2, -0.15) is 0 Å². The van der Waals surface area contributed by atoms with E-state index in [0.29, 0.717) is 17.8 Å². The van der Waals surface area contributed by atoms with E-state index >= 15 is 0 Å². The molecule has 0 atom stereocenters. The van der Waals surface area contributed by atoms with Crippen LogP contribution in [0.15, 0.2) is 60.8 Å². The van der Waals surface area contributed by atoms with Gasteiger partial charge in [0, 0.05) is 43.7 Å². The normalized spacial score (nSPS) is 14.6. The van der Waals surface area contributed by atoms with E-state index in [1.165, 1.54) is 12.1 Å². The molecule has 6 nitrogen and oxygen atoms in total. The monoisotopic (exact) mass is 405 g/mol. The fourth-order valence-corrected chi connectivity index (χ4v) is 3.58. The summed E-state index contributed by atoms with van der Waals surface area (Å²) in [5.74, 6) is 1.16. The maximum atomic E-state index is 13.0. The zero-order valence-electron chi connectivity index (χ0n) is 16.7. The van der Waals surface area contributed by atoms with Crippen molar-refractivity contribution in [3.8, 4) is 11.4 Å². The van der Waals surface area contributed by atoms with E-state index in [2.05, 4.69) is 25.0 Å². The number of benzene rings is 2. The predicted molar refractivity (Wildman–Crippen MR) is 114 cm³/mol. The van der Waals surface area contributed by atoms with Gasteiger partial charge in [0.2, 0.25) is 0 Å². The number of anilines is 1. The minimum absolute atomic E-state index is 0.0634. The molecule has 1 fully saturated rings. The highest BCUT2D eigenvalue weighted by atomic mass is 19.1. The van der Waals surface area contributed by atoms with Crippen molar-refractivity contribution in [1.82, 2.24) is 20.1 Å². The molecule has 7 heteroatoms. The summed E-state index contributed by atoms with van der Waals surface area (Å²) in [4.78, 5) is 21.2. The number of aromatic nitrogens is 3. The van der Waals surface area contributed by atoms with Gasteiger partial charge in [0.05, 0.1) is 6.20 Å². The quantitative estimate of drug-likeness (QED) is 0.561. The second-order valence-corrected chi connectivity index (χ2v) is 7.37. The second-order valence-electron chi connectivity index (χ2n) is 7.37. The van der Waals surface area contributed by atoms with Crippen molar-refractivity contribution in [1.29, 1.82) is 0 Å². The largest absolute Gasteiger partial charge is 0.351 e. The number of carbonyl (C=O) groups is 1. The zero-order valence-corrected chi connectivity index (χ0v) is 16.7. The highest BCUT2D eigenvalue weighted by Gasteiger charge is 2.19. The molecule has 0 radical (unpaired) electrons. The Morgan fingerprint density at radius 3 is 2.33 bits per heavy atom. The number of halogens is 1. The number of hydrogen-bond donors (Lipinski definition) is 0. The molecule has 1 aromatic heterocycles. The van der Waals surface area contributed by atoms with E-state index in [9.17, 15) is 9.18 Å². The third kappa shape index (κ3) is 5.04. The van der Waals surface area contributed by atoms with E-state index in [1.807, 2.05) is 30.3 Å². The summed E-state index contributed by atoms with van der Waals surface area (Å²) in [6.07, 6.45) is 3.05. The highest BCUT2D eigenvalue weighted by molar-refractivity contribution is 5.95. The molecule has 0 N–H and O–H groups in total. The molecule has 0 amide bonds. The summed E-state index contributed by atoms with van der Waals surface area (Å²) in [6, 6.07) is 15.6. The van der Waals surface area contributed by atoms with Crippen LogP contribution in [0, 0.1) is 5.82 Å². The number of Topliss-reactive ketones (excluding diaryl/α,β-unsaturated/α-hetero) is 1. The summed E-state index contributed by atoms with van der Waals surface area (Å²) in [7, 11) is 0. The number of rotatable bonds is 7. The van der Waals surface area contributed by atoms with Gasteiger partial charge in [-0.25, -0.2) is 9.37 Å². The second kappa shape index (κ2) is 9.54. The predicted octanol–water partition coefficient (Wildman–Crippen LogP) is 3.46. The molecular weight excluding hydrogens is 381 g/mol. The van der Waals surface area contributed by atoms with Gasteiger partial charge in [0.1, 0.15) is 5.82 Å². The summed E-state index contributed by atoms with van der Waals surface area (Å²) >= 11 is 0. The summed E-state index contributed by atoms with van der Waals surface area (Å²) in [5, 5.41) is 8.62. The Morgan fingerprint density at radius 2 is 1.67 bits per heavy atom. The number of carbonyl (C=O) groups excluding carboxylic acids is 1. The molecule has 0 spiro atoms. The topological polar surface area (TPSA) is 62.2 Å². The van der Waals surface area contributed by atoms with Crippen LogP contribution in [0.1, 0.15) is 23.2 Å². The van der Waals surface area contributed by atoms with Gasteiger partial charge in [0.25, 0.3) is 0 Å². The van der Waals surface area contributed by atoms with Crippen molar-refractivity contribution in [3.05, 3.63) is 72.2 Å². The fourth-order valence-electron chi connectivity index (χ4n) is 3.58. The van der Waals surface area contributed by atoms with Gasteiger partial charge < -0.3 is 4.90 Å². The maximum absolute atomic E-state index is 13.0. The zero-order chi connectivity index (χ0) is 20.8. The molecule has 0 saturated carbocycles. The average Bonchev–Trinajstić information content (AvgIpc) is 2.81. The number of ketones is 1. The molecule has 0 bridgehead atoms. The van der Waals surface area contributed by atoms with E-state index in [1.54, 1.807) is 18.3 Å². The van der Waals surface area contributed by atoms with E-state index in [4.69, 9.17) is 0 Å². The molecule has 1 aliphatic heterocycles. The number of nitrogens with zero attached hydrogens (tertiary/aromatic N) is 5. The van der Waals surface area contributed by atoms with Gasteiger partial charge in [-0.3, -0.25) is 9.69 Å². The van der Waals surface area contributed by atoms with Crippen molar-refractivity contribution < 1.29 is 9.18 Å². The molecule has 154 valence electrons. The lowest BCUT2D eigenvalue weighted by molar-refractivity contribution is 0.0974. The van der Waals surface area contributed by atoms with Crippen molar-refractivity contribution in [2.45, 2.75) is 12.8 Å². The van der Waals surface area contributed by atoms with Gasteiger partial charge in [-0.15, -0.1) is 10.2 Å². The molecule has 2 aromatic carbocycles. The standard InChI is InChI=1S/C23H24FN5O/c24-20-10-8-18(9-11-20)21(30)7-4-12-28-13-15-29(16-14-28)22-17-25-23(27-26-22)19-5-2-1-3-6-19/h1-3,5-6,8-11,17H,4,7,12-16H2. The van der Waals surface area contributed by atoms with Crippen LogP contribution in [-0.4, -0.2) is 58.6 Å². The Bertz CT molecular complexity index is 955. The number of hydrogen-bond acceptors (Lipinski definition) is 6. The van der Waals surface area contributed by atoms with Crippen LogP contribution in [0.5, 0.6) is 0 Å². The first kappa shape index (κ1) is 20.1. The Kier molecular flexibility index (Phi) is 6.39. The van der Waals surface area contributed by atoms with Crippen LogP contribution in [0.4, 0.5) is 10.2 Å². The Balaban J connectivity index is 1.22. The summed E-state index contributed by atoms with van der Waals surface area (Å²) in [5.41, 5.74) is 1.53. The number of piperazine rings is 1. The minimum atomic E-state index is -0.320. The molecular formula is C23H24FN5O. The van der Waals surface area contributed by atoms with Crippen LogP contribution in [-0.2, 0) is 0 Å². The molecule has 0 aliphatic carbocycles. The molecule has 3 aromatic rings. The SMILES string of the molecule is O=C(CCCN1CCN(c2cnc(-c3ccccc3)nn2)CC1)c1ccc(F)cc1. The lowest BCUT2D eigenvalue weighted by Gasteiger charge is -2.34. The molecule has 2 heterocycles. The van der Waals surface area contributed by atoms with Gasteiger partial charge in [-0.05, 0) is 37.2 Å². The lowest BCUT2D eigenvalue weighted by Crippen LogP contribution is -2.47. The van der Waals surface area contributed by atoms with Crippen molar-refractivity contribution in [3.63, 3.8) is 0 Å². The average molecular weight is 405 g/mol. The molecule has 1 saturated heterocycles. The van der Waals surface area contributed by atoms with Gasteiger partial charge >= 0.3 is 0 Å². The molecule has 1 aliphatic rings. The van der Waals surface area contributed by atoms with Crippen LogP contribution in [0.25, 0.3) is 11.4 Å². The van der Waals surface area contributed by atoms with Gasteiger partial charge in [-0.1, -0.05) is 30.3 Å². The highest BCUT2D eigenvalue weighted by Crippen LogP contribution is 2.16. The van der Waals surface area contributed by atoms with Crippen LogP contribution < -0.4 is 4.90 Å². The Morgan fingerprint density at radius 1 is 0.933 bits per heavy atom. The van der Waals surface area contributed by atoms with Crippen LogP contribution in [0.2, 0.25) is 0 Å². The smallest absolute Gasteiger partial charge is 0.181 e. The fraction of sp³-hybridized carbons (Fsp3) is 0.304. The van der Waals surface area contributed by atoms with E-state index in [0.717, 1.165) is 50.5 Å². The first-order valence-electron chi connectivity index (χ1n) is 10.2.